The third-order valence-corrected chi connectivity index (χ3v) is 6.27. The summed E-state index contributed by atoms with van der Waals surface area (Å²) in [7, 11) is 1.49. The molecule has 0 radical (unpaired) electrons. The molecule has 4 rings (SSSR count). The van der Waals surface area contributed by atoms with Gasteiger partial charge in [-0.1, -0.05) is 6.92 Å². The van der Waals surface area contributed by atoms with Crippen molar-refractivity contribution in [1.29, 1.82) is 0 Å². The van der Waals surface area contributed by atoms with Crippen molar-refractivity contribution >= 4 is 45.4 Å². The van der Waals surface area contributed by atoms with Gasteiger partial charge in [0.2, 0.25) is 17.7 Å². The molecule has 2 heterocycles. The zero-order valence-electron chi connectivity index (χ0n) is 20.5. The second-order valence-corrected chi connectivity index (χ2v) is 9.11. The number of hydrogen-bond acceptors (Lipinski definition) is 7. The number of fused-ring (bicyclic) bond motifs is 1. The summed E-state index contributed by atoms with van der Waals surface area (Å²) in [5.41, 5.74) is 2.48. The van der Waals surface area contributed by atoms with Crippen LogP contribution in [0.25, 0.3) is 10.9 Å². The summed E-state index contributed by atoms with van der Waals surface area (Å²) in [5.74, 6) is -0.520. The zero-order chi connectivity index (χ0) is 26.2. The van der Waals surface area contributed by atoms with E-state index in [1.807, 2.05) is 18.4 Å². The van der Waals surface area contributed by atoms with Crippen LogP contribution in [0.5, 0.6) is 17.4 Å². The van der Waals surface area contributed by atoms with Gasteiger partial charge in [-0.05, 0) is 59.9 Å². The number of nitrogens with zero attached hydrogens (tertiary/aromatic N) is 2. The lowest BCUT2D eigenvalue weighted by atomic mass is 10.1. The number of ether oxygens (including phenoxy) is 2. The normalized spacial score (nSPS) is 10.8. The predicted octanol–water partition coefficient (Wildman–Crippen LogP) is 6.33. The van der Waals surface area contributed by atoms with Crippen molar-refractivity contribution in [2.24, 2.45) is 0 Å². The van der Waals surface area contributed by atoms with Gasteiger partial charge in [0.15, 0.2) is 11.6 Å². The number of rotatable bonds is 11. The van der Waals surface area contributed by atoms with Gasteiger partial charge in [0, 0.05) is 30.7 Å². The van der Waals surface area contributed by atoms with Gasteiger partial charge in [0.1, 0.15) is 12.1 Å². The number of carbonyl (C=O) groups is 2. The molecule has 0 saturated carbocycles. The molecule has 0 unspecified atom stereocenters. The Bertz CT molecular complexity index is 1390. The van der Waals surface area contributed by atoms with E-state index in [0.717, 1.165) is 6.42 Å². The third-order valence-electron chi connectivity index (χ3n) is 5.54. The number of thiophene rings is 1. The summed E-state index contributed by atoms with van der Waals surface area (Å²) in [6.45, 7) is 1.91. The van der Waals surface area contributed by atoms with Crippen LogP contribution in [-0.4, -0.2) is 28.9 Å². The average molecular weight is 523 g/mol. The standard InChI is InChI=1S/C27H27FN4O4S/c1-3-5-25(33)32-22-13-19-21(14-24(22)35-2)29-16-30-27(19)36-23-9-8-18(12-20(23)28)31-26(34)7-4-6-17-10-11-37-15-17/h8-16H,3-7H2,1-2H3,(H,31,34)(H,32,33). The van der Waals surface area contributed by atoms with Crippen molar-refractivity contribution in [2.45, 2.75) is 39.0 Å². The lowest BCUT2D eigenvalue weighted by Gasteiger charge is -2.14. The second-order valence-electron chi connectivity index (χ2n) is 8.33. The molecule has 2 N–H and O–H groups in total. The molecule has 0 spiro atoms. The molecule has 2 amide bonds. The van der Waals surface area contributed by atoms with Gasteiger partial charge in [0.25, 0.3) is 0 Å². The number of benzene rings is 2. The first-order valence-electron chi connectivity index (χ1n) is 11.9. The molecule has 0 saturated heterocycles. The Morgan fingerprint density at radius 1 is 1.03 bits per heavy atom. The summed E-state index contributed by atoms with van der Waals surface area (Å²) in [6, 6.07) is 9.53. The first kappa shape index (κ1) is 26.0. The van der Waals surface area contributed by atoms with Crippen LogP contribution in [0.15, 0.2) is 53.5 Å². The van der Waals surface area contributed by atoms with E-state index in [1.165, 1.54) is 31.1 Å². The second kappa shape index (κ2) is 12.3. The van der Waals surface area contributed by atoms with Gasteiger partial charge in [0.05, 0.1) is 23.7 Å². The van der Waals surface area contributed by atoms with Crippen molar-refractivity contribution in [2.75, 3.05) is 17.7 Å². The van der Waals surface area contributed by atoms with E-state index < -0.39 is 5.82 Å². The van der Waals surface area contributed by atoms with Crippen LogP contribution in [0.4, 0.5) is 15.8 Å². The Morgan fingerprint density at radius 3 is 2.59 bits per heavy atom. The highest BCUT2D eigenvalue weighted by Gasteiger charge is 2.16. The van der Waals surface area contributed by atoms with Crippen molar-refractivity contribution in [1.82, 2.24) is 9.97 Å². The number of aromatic nitrogens is 2. The number of halogens is 1. The van der Waals surface area contributed by atoms with E-state index in [9.17, 15) is 14.0 Å². The van der Waals surface area contributed by atoms with Crippen molar-refractivity contribution in [3.63, 3.8) is 0 Å². The molecule has 192 valence electrons. The summed E-state index contributed by atoms with van der Waals surface area (Å²) < 4.78 is 26.0. The zero-order valence-corrected chi connectivity index (χ0v) is 21.4. The first-order valence-corrected chi connectivity index (χ1v) is 12.8. The van der Waals surface area contributed by atoms with Gasteiger partial charge in [-0.3, -0.25) is 9.59 Å². The number of methoxy groups -OCH3 is 1. The largest absolute Gasteiger partial charge is 0.494 e. The Balaban J connectivity index is 1.47. The topological polar surface area (TPSA) is 102 Å². The van der Waals surface area contributed by atoms with Crippen LogP contribution in [0.1, 0.15) is 38.2 Å². The van der Waals surface area contributed by atoms with Gasteiger partial charge in [-0.25, -0.2) is 14.4 Å². The van der Waals surface area contributed by atoms with Crippen molar-refractivity contribution < 1.29 is 23.5 Å². The number of anilines is 2. The Kier molecular flexibility index (Phi) is 8.63. The monoisotopic (exact) mass is 522 g/mol. The summed E-state index contributed by atoms with van der Waals surface area (Å²) >= 11 is 1.63. The quantitative estimate of drug-likeness (QED) is 0.239. The fourth-order valence-corrected chi connectivity index (χ4v) is 4.43. The molecule has 0 aliphatic rings. The van der Waals surface area contributed by atoms with E-state index in [0.29, 0.717) is 53.7 Å². The third kappa shape index (κ3) is 6.79. The number of hydrogen-bond donors (Lipinski definition) is 2. The highest BCUT2D eigenvalue weighted by molar-refractivity contribution is 7.07. The Hall–Kier alpha value is -4.05. The van der Waals surface area contributed by atoms with Crippen LogP contribution >= 0.6 is 11.3 Å². The molecule has 0 atom stereocenters. The highest BCUT2D eigenvalue weighted by Crippen LogP contribution is 2.35. The van der Waals surface area contributed by atoms with Crippen LogP contribution in [0.3, 0.4) is 0 Å². The van der Waals surface area contributed by atoms with Gasteiger partial charge >= 0.3 is 0 Å². The van der Waals surface area contributed by atoms with Crippen molar-refractivity contribution in [3.8, 4) is 17.4 Å². The number of aryl methyl sites for hydroxylation is 1. The SMILES string of the molecule is CCCC(=O)Nc1cc2c(Oc3ccc(NC(=O)CCCc4ccsc4)cc3F)ncnc2cc1OC. The van der Waals surface area contributed by atoms with Crippen LogP contribution in [0.2, 0.25) is 0 Å². The van der Waals surface area contributed by atoms with E-state index in [4.69, 9.17) is 9.47 Å². The van der Waals surface area contributed by atoms with E-state index in [2.05, 4.69) is 26.0 Å². The molecule has 8 nitrogen and oxygen atoms in total. The molecule has 4 aromatic rings. The van der Waals surface area contributed by atoms with Crippen molar-refractivity contribution in [3.05, 3.63) is 64.9 Å². The maximum absolute atomic E-state index is 14.9. The van der Waals surface area contributed by atoms with E-state index in [1.54, 1.807) is 29.5 Å². The number of nitrogens with one attached hydrogen (secondary N) is 2. The maximum Gasteiger partial charge on any atom is 0.230 e. The Labute approximate surface area is 217 Å². The number of amides is 2. The van der Waals surface area contributed by atoms with E-state index in [-0.39, 0.29) is 23.4 Å². The van der Waals surface area contributed by atoms with Gasteiger partial charge in [-0.15, -0.1) is 0 Å². The van der Waals surface area contributed by atoms with Gasteiger partial charge < -0.3 is 20.1 Å². The molecule has 0 aliphatic heterocycles. The molecule has 0 aliphatic carbocycles. The lowest BCUT2D eigenvalue weighted by molar-refractivity contribution is -0.117. The molecule has 37 heavy (non-hydrogen) atoms. The minimum atomic E-state index is -0.659. The molecule has 10 heteroatoms. The fourth-order valence-electron chi connectivity index (χ4n) is 3.72. The lowest BCUT2D eigenvalue weighted by Crippen LogP contribution is -2.12. The first-order chi connectivity index (χ1) is 18.0. The summed E-state index contributed by atoms with van der Waals surface area (Å²) in [5, 5.41) is 10.1. The minimum absolute atomic E-state index is 0.0668. The van der Waals surface area contributed by atoms with Crippen LogP contribution < -0.4 is 20.1 Å². The summed E-state index contributed by atoms with van der Waals surface area (Å²) in [4.78, 5) is 32.8. The highest BCUT2D eigenvalue weighted by atomic mass is 32.1. The van der Waals surface area contributed by atoms with E-state index >= 15 is 0 Å². The fraction of sp³-hybridized carbons (Fsp3) is 0.259. The van der Waals surface area contributed by atoms with Gasteiger partial charge in [-0.2, -0.15) is 11.3 Å². The molecule has 0 bridgehead atoms. The maximum atomic E-state index is 14.9. The van der Waals surface area contributed by atoms with Crippen LogP contribution in [-0.2, 0) is 16.0 Å². The Morgan fingerprint density at radius 2 is 1.86 bits per heavy atom. The number of carbonyl (C=O) groups excluding carboxylic acids is 2. The molecule has 2 aromatic carbocycles. The average Bonchev–Trinajstić information content (AvgIpc) is 3.39. The summed E-state index contributed by atoms with van der Waals surface area (Å²) in [6.07, 6.45) is 4.22. The molecular weight excluding hydrogens is 495 g/mol. The molecule has 0 fully saturated rings. The molecule has 2 aromatic heterocycles. The van der Waals surface area contributed by atoms with Crippen LogP contribution in [0, 0.1) is 5.82 Å². The minimum Gasteiger partial charge on any atom is -0.494 e. The smallest absolute Gasteiger partial charge is 0.230 e. The predicted molar refractivity (Wildman–Crippen MR) is 142 cm³/mol. The molecular formula is C27H27FN4O4S.